The van der Waals surface area contributed by atoms with Gasteiger partial charge in [0.05, 0.1) is 12.2 Å². The number of anilines is 1. The Morgan fingerprint density at radius 1 is 1.20 bits per heavy atom. The van der Waals surface area contributed by atoms with Gasteiger partial charge in [0.1, 0.15) is 0 Å². The second-order valence-corrected chi connectivity index (χ2v) is 6.30. The monoisotopic (exact) mass is 283 g/mol. The van der Waals surface area contributed by atoms with Crippen LogP contribution < -0.4 is 4.90 Å². The van der Waals surface area contributed by atoms with E-state index in [2.05, 4.69) is 4.90 Å². The number of halogens is 2. The Kier molecular flexibility index (Phi) is 4.33. The molecule has 1 saturated heterocycles. The van der Waals surface area contributed by atoms with Crippen molar-refractivity contribution in [3.63, 3.8) is 0 Å². The van der Waals surface area contributed by atoms with Gasteiger partial charge in [-0.2, -0.15) is 0 Å². The Morgan fingerprint density at radius 3 is 2.45 bits per heavy atom. The summed E-state index contributed by atoms with van der Waals surface area (Å²) in [6.45, 7) is 10.0. The standard InChI is InChI=1S/C16H23F2NO/c1-11(2)13-6-5-12(9-14(13)15(17)18)19-7-8-20-16(3,4)10-19/h5-6,9,11,15H,7-8,10H2,1-4H3. The molecule has 1 aliphatic rings. The van der Waals surface area contributed by atoms with E-state index >= 15 is 0 Å². The van der Waals surface area contributed by atoms with Gasteiger partial charge in [0.2, 0.25) is 0 Å². The Morgan fingerprint density at radius 2 is 1.90 bits per heavy atom. The fraction of sp³-hybridized carbons (Fsp3) is 0.625. The number of alkyl halides is 2. The lowest BCUT2D eigenvalue weighted by Gasteiger charge is -2.39. The first-order chi connectivity index (χ1) is 9.30. The van der Waals surface area contributed by atoms with Gasteiger partial charge in [-0.3, -0.25) is 0 Å². The molecule has 0 amide bonds. The average Bonchev–Trinajstić information content (AvgIpc) is 2.36. The van der Waals surface area contributed by atoms with Crippen molar-refractivity contribution in [2.24, 2.45) is 0 Å². The third-order valence-corrected chi connectivity index (χ3v) is 3.72. The highest BCUT2D eigenvalue weighted by molar-refractivity contribution is 5.52. The number of benzene rings is 1. The molecule has 2 rings (SSSR count). The van der Waals surface area contributed by atoms with Crippen LogP contribution in [0.2, 0.25) is 0 Å². The predicted molar refractivity (Wildman–Crippen MR) is 77.7 cm³/mol. The summed E-state index contributed by atoms with van der Waals surface area (Å²) in [5.74, 6) is 0.106. The molecule has 20 heavy (non-hydrogen) atoms. The quantitative estimate of drug-likeness (QED) is 0.817. The van der Waals surface area contributed by atoms with E-state index in [4.69, 9.17) is 4.74 Å². The number of rotatable bonds is 3. The number of ether oxygens (including phenoxy) is 1. The van der Waals surface area contributed by atoms with Crippen LogP contribution in [-0.4, -0.2) is 25.3 Å². The summed E-state index contributed by atoms with van der Waals surface area (Å²) in [5.41, 5.74) is 1.51. The fourth-order valence-corrected chi connectivity index (χ4v) is 2.71. The van der Waals surface area contributed by atoms with E-state index in [-0.39, 0.29) is 17.1 Å². The van der Waals surface area contributed by atoms with Crippen molar-refractivity contribution in [2.45, 2.75) is 45.6 Å². The number of hydrogen-bond acceptors (Lipinski definition) is 2. The second-order valence-electron chi connectivity index (χ2n) is 6.30. The summed E-state index contributed by atoms with van der Waals surface area (Å²) in [7, 11) is 0. The molecule has 1 fully saturated rings. The third kappa shape index (κ3) is 3.29. The Hall–Kier alpha value is -1.16. The first-order valence-corrected chi connectivity index (χ1v) is 7.11. The minimum atomic E-state index is -2.43. The summed E-state index contributed by atoms with van der Waals surface area (Å²) >= 11 is 0. The molecule has 0 aliphatic carbocycles. The minimum Gasteiger partial charge on any atom is -0.372 e. The van der Waals surface area contributed by atoms with Gasteiger partial charge in [0, 0.05) is 24.3 Å². The lowest BCUT2D eigenvalue weighted by molar-refractivity contribution is -0.0277. The maximum absolute atomic E-state index is 13.2. The Bertz CT molecular complexity index is 472. The highest BCUT2D eigenvalue weighted by Crippen LogP contribution is 2.33. The van der Waals surface area contributed by atoms with Crippen molar-refractivity contribution in [1.29, 1.82) is 0 Å². The van der Waals surface area contributed by atoms with Crippen LogP contribution in [0, 0.1) is 0 Å². The summed E-state index contributed by atoms with van der Waals surface area (Å²) in [4.78, 5) is 2.12. The lowest BCUT2D eigenvalue weighted by atomic mass is 9.96. The molecule has 0 N–H and O–H groups in total. The second kappa shape index (κ2) is 5.68. The fourth-order valence-electron chi connectivity index (χ4n) is 2.71. The lowest BCUT2D eigenvalue weighted by Crippen LogP contribution is -2.48. The number of hydrogen-bond donors (Lipinski definition) is 0. The summed E-state index contributed by atoms with van der Waals surface area (Å²) in [6, 6.07) is 5.42. The van der Waals surface area contributed by atoms with Gasteiger partial charge < -0.3 is 9.64 Å². The van der Waals surface area contributed by atoms with Crippen molar-refractivity contribution in [3.05, 3.63) is 29.3 Å². The zero-order valence-corrected chi connectivity index (χ0v) is 12.6. The Labute approximate surface area is 119 Å². The predicted octanol–water partition coefficient (Wildman–Crippen LogP) is 4.36. The third-order valence-electron chi connectivity index (χ3n) is 3.72. The maximum Gasteiger partial charge on any atom is 0.264 e. The van der Waals surface area contributed by atoms with E-state index in [1.165, 1.54) is 0 Å². The van der Waals surface area contributed by atoms with Gasteiger partial charge >= 0.3 is 0 Å². The number of nitrogens with zero attached hydrogens (tertiary/aromatic N) is 1. The average molecular weight is 283 g/mol. The molecule has 112 valence electrons. The van der Waals surface area contributed by atoms with Crippen LogP contribution in [0.5, 0.6) is 0 Å². The van der Waals surface area contributed by atoms with Crippen LogP contribution in [0.1, 0.15) is 51.2 Å². The summed E-state index contributed by atoms with van der Waals surface area (Å²) < 4.78 is 32.2. The molecule has 0 radical (unpaired) electrons. The molecule has 4 heteroatoms. The molecule has 0 saturated carbocycles. The first kappa shape index (κ1) is 15.2. The zero-order valence-electron chi connectivity index (χ0n) is 12.6. The highest BCUT2D eigenvalue weighted by Gasteiger charge is 2.28. The molecule has 0 unspecified atom stereocenters. The highest BCUT2D eigenvalue weighted by atomic mass is 19.3. The molecule has 0 atom stereocenters. The first-order valence-electron chi connectivity index (χ1n) is 7.11. The van der Waals surface area contributed by atoms with E-state index in [0.29, 0.717) is 6.61 Å². The summed E-state index contributed by atoms with van der Waals surface area (Å²) in [5, 5.41) is 0. The van der Waals surface area contributed by atoms with Crippen LogP contribution in [0.15, 0.2) is 18.2 Å². The normalized spacial score (nSPS) is 18.9. The molecule has 1 aromatic rings. The van der Waals surface area contributed by atoms with Crippen LogP contribution in [-0.2, 0) is 4.74 Å². The van der Waals surface area contributed by atoms with E-state index in [0.717, 1.165) is 24.3 Å². The van der Waals surface area contributed by atoms with Gasteiger partial charge in [-0.15, -0.1) is 0 Å². The number of morpholine rings is 1. The van der Waals surface area contributed by atoms with E-state index in [9.17, 15) is 8.78 Å². The molecule has 2 nitrogen and oxygen atoms in total. The van der Waals surface area contributed by atoms with Crippen molar-refractivity contribution in [2.75, 3.05) is 24.6 Å². The van der Waals surface area contributed by atoms with Crippen molar-refractivity contribution in [3.8, 4) is 0 Å². The molecular formula is C16H23F2NO. The van der Waals surface area contributed by atoms with Crippen molar-refractivity contribution >= 4 is 5.69 Å². The van der Waals surface area contributed by atoms with Gasteiger partial charge in [-0.1, -0.05) is 19.9 Å². The molecule has 0 bridgehead atoms. The van der Waals surface area contributed by atoms with Crippen LogP contribution >= 0.6 is 0 Å². The smallest absolute Gasteiger partial charge is 0.264 e. The van der Waals surface area contributed by atoms with Crippen LogP contribution in [0.3, 0.4) is 0 Å². The topological polar surface area (TPSA) is 12.5 Å². The van der Waals surface area contributed by atoms with Crippen molar-refractivity contribution in [1.82, 2.24) is 0 Å². The maximum atomic E-state index is 13.2. The van der Waals surface area contributed by atoms with Crippen LogP contribution in [0.4, 0.5) is 14.5 Å². The van der Waals surface area contributed by atoms with Crippen LogP contribution in [0.25, 0.3) is 0 Å². The van der Waals surface area contributed by atoms with Gasteiger partial charge in [-0.05, 0) is 37.5 Å². The Balaban J connectivity index is 2.31. The van der Waals surface area contributed by atoms with E-state index < -0.39 is 6.43 Å². The van der Waals surface area contributed by atoms with E-state index in [1.807, 2.05) is 39.8 Å². The molecule has 1 aromatic carbocycles. The zero-order chi connectivity index (χ0) is 14.9. The van der Waals surface area contributed by atoms with Gasteiger partial charge in [-0.25, -0.2) is 8.78 Å². The molecule has 1 heterocycles. The van der Waals surface area contributed by atoms with E-state index in [1.54, 1.807) is 6.07 Å². The van der Waals surface area contributed by atoms with Gasteiger partial charge in [0.25, 0.3) is 6.43 Å². The molecule has 0 spiro atoms. The van der Waals surface area contributed by atoms with Crippen molar-refractivity contribution < 1.29 is 13.5 Å². The molecular weight excluding hydrogens is 260 g/mol. The SMILES string of the molecule is CC(C)c1ccc(N2CCOC(C)(C)C2)cc1C(F)F. The minimum absolute atomic E-state index is 0.106. The summed E-state index contributed by atoms with van der Waals surface area (Å²) in [6.07, 6.45) is -2.43. The van der Waals surface area contributed by atoms with Gasteiger partial charge in [0.15, 0.2) is 0 Å². The molecule has 0 aromatic heterocycles. The largest absolute Gasteiger partial charge is 0.372 e. The molecule has 1 aliphatic heterocycles.